The van der Waals surface area contributed by atoms with Gasteiger partial charge in [-0.1, -0.05) is 36.4 Å². The first-order chi connectivity index (χ1) is 13.8. The molecule has 0 bridgehead atoms. The zero-order valence-electron chi connectivity index (χ0n) is 16.4. The highest BCUT2D eigenvalue weighted by Crippen LogP contribution is 2.27. The summed E-state index contributed by atoms with van der Waals surface area (Å²) in [5.41, 5.74) is 2.15. The Bertz CT molecular complexity index is 1140. The van der Waals surface area contributed by atoms with Crippen molar-refractivity contribution in [3.8, 4) is 5.75 Å². The van der Waals surface area contributed by atoms with Gasteiger partial charge in [0.15, 0.2) is 0 Å². The Morgan fingerprint density at radius 3 is 2.38 bits per heavy atom. The molecule has 7 heteroatoms. The molecular formula is C22H22N2O4S. The van der Waals surface area contributed by atoms with E-state index < -0.39 is 15.9 Å². The fourth-order valence-electron chi connectivity index (χ4n) is 2.94. The smallest absolute Gasteiger partial charge is 0.264 e. The first-order valence-corrected chi connectivity index (χ1v) is 10.4. The molecule has 0 aliphatic carbocycles. The lowest BCUT2D eigenvalue weighted by Crippen LogP contribution is -2.27. The Labute approximate surface area is 170 Å². The quantitative estimate of drug-likeness (QED) is 0.664. The molecule has 0 spiro atoms. The van der Waals surface area contributed by atoms with Crippen molar-refractivity contribution in [1.29, 1.82) is 0 Å². The minimum Gasteiger partial charge on any atom is -0.495 e. The number of rotatable bonds is 6. The zero-order valence-corrected chi connectivity index (χ0v) is 17.2. The number of para-hydroxylation sites is 3. The van der Waals surface area contributed by atoms with E-state index in [1.54, 1.807) is 48.5 Å². The molecule has 3 aromatic rings. The van der Waals surface area contributed by atoms with Crippen LogP contribution in [0.4, 0.5) is 11.4 Å². The van der Waals surface area contributed by atoms with Gasteiger partial charge in [0, 0.05) is 12.6 Å². The van der Waals surface area contributed by atoms with E-state index in [2.05, 4.69) is 5.32 Å². The van der Waals surface area contributed by atoms with Gasteiger partial charge in [-0.3, -0.25) is 9.10 Å². The minimum absolute atomic E-state index is 0.0379. The van der Waals surface area contributed by atoms with Crippen LogP contribution < -0.4 is 14.4 Å². The molecule has 150 valence electrons. The third kappa shape index (κ3) is 4.25. The Balaban J connectivity index is 1.90. The predicted molar refractivity (Wildman–Crippen MR) is 114 cm³/mol. The monoisotopic (exact) mass is 410 g/mol. The topological polar surface area (TPSA) is 75.7 Å². The first kappa shape index (κ1) is 20.4. The van der Waals surface area contributed by atoms with Crippen LogP contribution in [0, 0.1) is 6.92 Å². The standard InChI is InChI=1S/C22H22N2O4S/c1-16-9-4-6-13-20(16)24(2)29(26,27)18-11-8-10-17(15-18)22(25)23-19-12-5-7-14-21(19)28-3/h4-15H,1-3H3,(H,23,25). The highest BCUT2D eigenvalue weighted by atomic mass is 32.2. The number of aryl methyl sites for hydroxylation is 1. The number of amides is 1. The van der Waals surface area contributed by atoms with E-state index >= 15 is 0 Å². The van der Waals surface area contributed by atoms with Crippen LogP contribution in [0.15, 0.2) is 77.7 Å². The van der Waals surface area contributed by atoms with Crippen molar-refractivity contribution < 1.29 is 17.9 Å². The predicted octanol–water partition coefficient (Wildman–Crippen LogP) is 4.08. The minimum atomic E-state index is -3.83. The van der Waals surface area contributed by atoms with Crippen LogP contribution in [-0.4, -0.2) is 28.5 Å². The summed E-state index contributed by atoms with van der Waals surface area (Å²) in [5.74, 6) is 0.0917. The number of benzene rings is 3. The molecule has 0 fully saturated rings. The van der Waals surface area contributed by atoms with E-state index in [4.69, 9.17) is 4.74 Å². The molecule has 3 aromatic carbocycles. The lowest BCUT2D eigenvalue weighted by Gasteiger charge is -2.21. The fourth-order valence-corrected chi connectivity index (χ4v) is 4.25. The summed E-state index contributed by atoms with van der Waals surface area (Å²) in [6.07, 6.45) is 0. The van der Waals surface area contributed by atoms with Crippen LogP contribution in [0.1, 0.15) is 15.9 Å². The van der Waals surface area contributed by atoms with Crippen molar-refractivity contribution in [2.75, 3.05) is 23.8 Å². The second-order valence-corrected chi connectivity index (χ2v) is 8.41. The van der Waals surface area contributed by atoms with Gasteiger partial charge in [-0.05, 0) is 48.9 Å². The van der Waals surface area contributed by atoms with Crippen LogP contribution in [0.25, 0.3) is 0 Å². The average Bonchev–Trinajstić information content (AvgIpc) is 2.74. The lowest BCUT2D eigenvalue weighted by atomic mass is 10.2. The second-order valence-electron chi connectivity index (χ2n) is 6.44. The molecule has 29 heavy (non-hydrogen) atoms. The van der Waals surface area contributed by atoms with Crippen LogP contribution in [0.3, 0.4) is 0 Å². The lowest BCUT2D eigenvalue weighted by molar-refractivity contribution is 0.102. The van der Waals surface area contributed by atoms with Gasteiger partial charge in [0.05, 0.1) is 23.4 Å². The van der Waals surface area contributed by atoms with Crippen LogP contribution in [-0.2, 0) is 10.0 Å². The number of ether oxygens (including phenoxy) is 1. The molecule has 0 aromatic heterocycles. The molecule has 0 heterocycles. The summed E-state index contributed by atoms with van der Waals surface area (Å²) in [6.45, 7) is 1.85. The largest absolute Gasteiger partial charge is 0.495 e. The van der Waals surface area contributed by atoms with Gasteiger partial charge in [0.2, 0.25) is 0 Å². The van der Waals surface area contributed by atoms with Crippen molar-refractivity contribution >= 4 is 27.3 Å². The molecule has 0 saturated carbocycles. The van der Waals surface area contributed by atoms with Crippen molar-refractivity contribution in [3.05, 3.63) is 83.9 Å². The number of nitrogens with one attached hydrogen (secondary N) is 1. The third-order valence-electron chi connectivity index (χ3n) is 4.56. The number of nitrogens with zero attached hydrogens (tertiary/aromatic N) is 1. The van der Waals surface area contributed by atoms with Gasteiger partial charge < -0.3 is 10.1 Å². The van der Waals surface area contributed by atoms with E-state index in [0.29, 0.717) is 17.1 Å². The van der Waals surface area contributed by atoms with E-state index in [0.717, 1.165) is 5.56 Å². The molecule has 0 radical (unpaired) electrons. The molecular weight excluding hydrogens is 388 g/mol. The van der Waals surface area contributed by atoms with Crippen molar-refractivity contribution in [3.63, 3.8) is 0 Å². The average molecular weight is 410 g/mol. The molecule has 0 saturated heterocycles. The molecule has 1 N–H and O–H groups in total. The number of hydrogen-bond donors (Lipinski definition) is 1. The number of hydrogen-bond acceptors (Lipinski definition) is 4. The summed E-state index contributed by atoms with van der Waals surface area (Å²) in [4.78, 5) is 12.7. The van der Waals surface area contributed by atoms with Crippen LogP contribution in [0.5, 0.6) is 5.75 Å². The molecule has 0 aliphatic heterocycles. The van der Waals surface area contributed by atoms with Crippen LogP contribution >= 0.6 is 0 Å². The third-order valence-corrected chi connectivity index (χ3v) is 6.33. The Morgan fingerprint density at radius 2 is 1.66 bits per heavy atom. The summed E-state index contributed by atoms with van der Waals surface area (Å²) < 4.78 is 32.6. The summed E-state index contributed by atoms with van der Waals surface area (Å²) in [7, 11) is -0.815. The molecule has 3 rings (SSSR count). The maximum Gasteiger partial charge on any atom is 0.264 e. The SMILES string of the molecule is COc1ccccc1NC(=O)c1cccc(S(=O)(=O)N(C)c2ccccc2C)c1. The summed E-state index contributed by atoms with van der Waals surface area (Å²) in [5, 5.41) is 2.75. The number of carbonyl (C=O) groups excluding carboxylic acids is 1. The van der Waals surface area contributed by atoms with E-state index in [1.165, 1.54) is 30.6 Å². The van der Waals surface area contributed by atoms with Gasteiger partial charge in [-0.25, -0.2) is 8.42 Å². The normalized spacial score (nSPS) is 11.0. The maximum absolute atomic E-state index is 13.1. The van der Waals surface area contributed by atoms with E-state index in [1.807, 2.05) is 19.1 Å². The van der Waals surface area contributed by atoms with Crippen molar-refractivity contribution in [2.45, 2.75) is 11.8 Å². The molecule has 0 unspecified atom stereocenters. The van der Waals surface area contributed by atoms with Gasteiger partial charge in [-0.15, -0.1) is 0 Å². The van der Waals surface area contributed by atoms with Crippen molar-refractivity contribution in [2.24, 2.45) is 0 Å². The number of anilines is 2. The van der Waals surface area contributed by atoms with Crippen LogP contribution in [0.2, 0.25) is 0 Å². The van der Waals surface area contributed by atoms with Gasteiger partial charge >= 0.3 is 0 Å². The maximum atomic E-state index is 13.1. The molecule has 1 amide bonds. The summed E-state index contributed by atoms with van der Waals surface area (Å²) in [6, 6.07) is 20.2. The van der Waals surface area contributed by atoms with Gasteiger partial charge in [-0.2, -0.15) is 0 Å². The Kier molecular flexibility index (Phi) is 5.89. The fraction of sp³-hybridized carbons (Fsp3) is 0.136. The molecule has 0 aliphatic rings. The van der Waals surface area contributed by atoms with Crippen molar-refractivity contribution in [1.82, 2.24) is 0 Å². The molecule has 6 nitrogen and oxygen atoms in total. The molecule has 0 atom stereocenters. The Hall–Kier alpha value is -3.32. The number of methoxy groups -OCH3 is 1. The highest BCUT2D eigenvalue weighted by Gasteiger charge is 2.23. The highest BCUT2D eigenvalue weighted by molar-refractivity contribution is 7.92. The van der Waals surface area contributed by atoms with Gasteiger partial charge in [0.1, 0.15) is 5.75 Å². The van der Waals surface area contributed by atoms with Gasteiger partial charge in [0.25, 0.3) is 15.9 Å². The summed E-state index contributed by atoms with van der Waals surface area (Å²) >= 11 is 0. The number of carbonyl (C=O) groups is 1. The Morgan fingerprint density at radius 1 is 0.966 bits per heavy atom. The second kappa shape index (κ2) is 8.36. The zero-order chi connectivity index (χ0) is 21.0. The first-order valence-electron chi connectivity index (χ1n) is 8.93. The van der Waals surface area contributed by atoms with E-state index in [-0.39, 0.29) is 10.5 Å². The number of sulfonamides is 1. The van der Waals surface area contributed by atoms with E-state index in [9.17, 15) is 13.2 Å².